The summed E-state index contributed by atoms with van der Waals surface area (Å²) < 4.78 is 15.1. The van der Waals surface area contributed by atoms with Gasteiger partial charge in [-0.1, -0.05) is 90.4 Å². The van der Waals surface area contributed by atoms with Crippen LogP contribution in [-0.2, 0) is 19.0 Å². The average molecular weight is 359 g/mol. The zero-order valence-corrected chi connectivity index (χ0v) is 16.9. The van der Waals surface area contributed by atoms with Crippen LogP contribution >= 0.6 is 0 Å². The fourth-order valence-corrected chi connectivity index (χ4v) is 2.83. The van der Waals surface area contributed by atoms with Crippen molar-refractivity contribution in [2.75, 3.05) is 33.5 Å². The molecule has 0 radical (unpaired) electrons. The molecule has 150 valence electrons. The molecule has 0 aromatic heterocycles. The van der Waals surface area contributed by atoms with Gasteiger partial charge >= 0.3 is 5.97 Å². The fourth-order valence-electron chi connectivity index (χ4n) is 2.83. The van der Waals surface area contributed by atoms with Crippen LogP contribution in [0.4, 0.5) is 0 Å². The van der Waals surface area contributed by atoms with Crippen molar-refractivity contribution in [3.05, 3.63) is 0 Å². The van der Waals surface area contributed by atoms with E-state index < -0.39 is 0 Å². The Hall–Kier alpha value is -0.610. The zero-order valence-electron chi connectivity index (χ0n) is 16.9. The van der Waals surface area contributed by atoms with Crippen molar-refractivity contribution in [1.82, 2.24) is 0 Å². The molecule has 0 N–H and O–H groups in total. The number of hydrogen-bond acceptors (Lipinski definition) is 4. The van der Waals surface area contributed by atoms with E-state index in [9.17, 15) is 4.79 Å². The lowest BCUT2D eigenvalue weighted by atomic mass is 10.0. The summed E-state index contributed by atoms with van der Waals surface area (Å²) in [5, 5.41) is 0. The predicted molar refractivity (Wildman–Crippen MR) is 104 cm³/mol. The van der Waals surface area contributed by atoms with E-state index in [4.69, 9.17) is 9.47 Å². The summed E-state index contributed by atoms with van der Waals surface area (Å²) >= 11 is 0. The van der Waals surface area contributed by atoms with Crippen LogP contribution in [-0.4, -0.2) is 39.5 Å². The van der Waals surface area contributed by atoms with E-state index in [1.807, 2.05) is 0 Å². The number of esters is 1. The Bertz CT molecular complexity index is 269. The third kappa shape index (κ3) is 21.3. The molecule has 0 aliphatic carbocycles. The van der Waals surface area contributed by atoms with Crippen molar-refractivity contribution in [1.29, 1.82) is 0 Å². The first-order valence-corrected chi connectivity index (χ1v) is 10.5. The van der Waals surface area contributed by atoms with Gasteiger partial charge < -0.3 is 14.2 Å². The zero-order chi connectivity index (χ0) is 18.4. The van der Waals surface area contributed by atoms with Crippen LogP contribution in [0.5, 0.6) is 0 Å². The van der Waals surface area contributed by atoms with E-state index >= 15 is 0 Å². The summed E-state index contributed by atoms with van der Waals surface area (Å²) in [6, 6.07) is 0. The Labute approximate surface area is 156 Å². The molecule has 0 amide bonds. The summed E-state index contributed by atoms with van der Waals surface area (Å²) in [5.41, 5.74) is 0. The van der Waals surface area contributed by atoms with Gasteiger partial charge in [-0.3, -0.25) is 0 Å². The van der Waals surface area contributed by atoms with Crippen molar-refractivity contribution in [2.24, 2.45) is 0 Å². The van der Waals surface area contributed by atoms with E-state index in [1.165, 1.54) is 90.6 Å². The first-order valence-electron chi connectivity index (χ1n) is 10.5. The van der Waals surface area contributed by atoms with Crippen molar-refractivity contribution in [2.45, 2.75) is 96.8 Å². The van der Waals surface area contributed by atoms with Crippen LogP contribution in [0.2, 0.25) is 0 Å². The molecule has 0 saturated heterocycles. The predicted octanol–water partition coefficient (Wildman–Crippen LogP) is 5.67. The Morgan fingerprint density at radius 3 is 1.52 bits per heavy atom. The molecule has 0 spiro atoms. The quantitative estimate of drug-likeness (QED) is 0.208. The first kappa shape index (κ1) is 24.4. The van der Waals surface area contributed by atoms with Crippen LogP contribution in [0.1, 0.15) is 96.8 Å². The van der Waals surface area contributed by atoms with Crippen LogP contribution in [0.15, 0.2) is 0 Å². The van der Waals surface area contributed by atoms with Crippen molar-refractivity contribution < 1.29 is 19.0 Å². The molecule has 0 atom stereocenters. The monoisotopic (exact) mass is 358 g/mol. The highest BCUT2D eigenvalue weighted by Gasteiger charge is 1.99. The maximum Gasteiger partial charge on any atom is 0.331 e. The van der Waals surface area contributed by atoms with E-state index in [-0.39, 0.29) is 12.6 Å². The van der Waals surface area contributed by atoms with Crippen LogP contribution in [0, 0.1) is 0 Å². The van der Waals surface area contributed by atoms with Gasteiger partial charge in [-0.25, -0.2) is 4.79 Å². The van der Waals surface area contributed by atoms with Crippen LogP contribution in [0.3, 0.4) is 0 Å². The standard InChI is InChI=1S/C21H42O4/c1-3-4-5-6-7-8-9-10-11-12-13-14-15-16-17-24-18-19-25-20-21(22)23-2/h3-20H2,1-2H3. The van der Waals surface area contributed by atoms with E-state index in [0.29, 0.717) is 13.2 Å². The minimum absolute atomic E-state index is 0.0126. The molecule has 0 heterocycles. The second-order valence-corrected chi connectivity index (χ2v) is 6.84. The molecule has 0 aromatic rings. The highest BCUT2D eigenvalue weighted by atomic mass is 16.6. The highest BCUT2D eigenvalue weighted by molar-refractivity contribution is 5.70. The molecule has 4 nitrogen and oxygen atoms in total. The minimum atomic E-state index is -0.341. The van der Waals surface area contributed by atoms with Gasteiger partial charge in [-0.05, 0) is 6.42 Å². The van der Waals surface area contributed by atoms with E-state index in [2.05, 4.69) is 11.7 Å². The third-order valence-electron chi connectivity index (χ3n) is 4.46. The van der Waals surface area contributed by atoms with E-state index in [0.717, 1.165) is 13.0 Å². The van der Waals surface area contributed by atoms with Gasteiger partial charge in [-0.15, -0.1) is 0 Å². The van der Waals surface area contributed by atoms with Gasteiger partial charge in [-0.2, -0.15) is 0 Å². The van der Waals surface area contributed by atoms with Gasteiger partial charge in [0.1, 0.15) is 6.61 Å². The number of carbonyl (C=O) groups excluding carboxylic acids is 1. The second-order valence-electron chi connectivity index (χ2n) is 6.84. The number of rotatable bonds is 20. The lowest BCUT2D eigenvalue weighted by Gasteiger charge is -2.05. The average Bonchev–Trinajstić information content (AvgIpc) is 2.63. The van der Waals surface area contributed by atoms with Crippen molar-refractivity contribution >= 4 is 5.97 Å². The third-order valence-corrected chi connectivity index (χ3v) is 4.46. The number of carbonyl (C=O) groups is 1. The number of hydrogen-bond donors (Lipinski definition) is 0. The lowest BCUT2D eigenvalue weighted by molar-refractivity contribution is -0.146. The Morgan fingerprint density at radius 2 is 1.04 bits per heavy atom. The summed E-state index contributed by atoms with van der Waals surface area (Å²) in [7, 11) is 1.36. The Kier molecular flexibility index (Phi) is 20.9. The van der Waals surface area contributed by atoms with Crippen molar-refractivity contribution in [3.8, 4) is 0 Å². The summed E-state index contributed by atoms with van der Waals surface area (Å²) in [6.45, 7) is 4.08. The molecule has 0 aliphatic rings. The first-order chi connectivity index (χ1) is 12.3. The molecule has 25 heavy (non-hydrogen) atoms. The molecule has 4 heteroatoms. The van der Waals surface area contributed by atoms with Crippen molar-refractivity contribution in [3.63, 3.8) is 0 Å². The minimum Gasteiger partial charge on any atom is -0.467 e. The molecule has 0 aromatic carbocycles. The maximum absolute atomic E-state index is 10.8. The van der Waals surface area contributed by atoms with Gasteiger partial charge in [0, 0.05) is 6.61 Å². The van der Waals surface area contributed by atoms with Gasteiger partial charge in [0.25, 0.3) is 0 Å². The summed E-state index contributed by atoms with van der Waals surface area (Å²) in [4.78, 5) is 10.8. The largest absolute Gasteiger partial charge is 0.467 e. The topological polar surface area (TPSA) is 44.8 Å². The molecule has 0 rings (SSSR count). The highest BCUT2D eigenvalue weighted by Crippen LogP contribution is 2.12. The molecule has 0 bridgehead atoms. The normalized spacial score (nSPS) is 11.0. The van der Waals surface area contributed by atoms with E-state index in [1.54, 1.807) is 0 Å². The van der Waals surface area contributed by atoms with Gasteiger partial charge in [0.2, 0.25) is 0 Å². The van der Waals surface area contributed by atoms with Crippen LogP contribution < -0.4 is 0 Å². The fraction of sp³-hybridized carbons (Fsp3) is 0.952. The Morgan fingerprint density at radius 1 is 0.600 bits per heavy atom. The Balaban J connectivity index is 2.99. The van der Waals surface area contributed by atoms with Crippen LogP contribution in [0.25, 0.3) is 0 Å². The second kappa shape index (κ2) is 21.4. The SMILES string of the molecule is CCCCCCCCCCCCCCCCOCCOCC(=O)OC. The number of ether oxygens (including phenoxy) is 3. The van der Waals surface area contributed by atoms with Gasteiger partial charge in [0.05, 0.1) is 20.3 Å². The molecule has 0 unspecified atom stereocenters. The molecule has 0 aliphatic heterocycles. The number of unbranched alkanes of at least 4 members (excludes halogenated alkanes) is 13. The lowest BCUT2D eigenvalue weighted by Crippen LogP contribution is -2.13. The smallest absolute Gasteiger partial charge is 0.331 e. The summed E-state index contributed by atoms with van der Waals surface area (Å²) in [6.07, 6.45) is 19.2. The number of methoxy groups -OCH3 is 1. The van der Waals surface area contributed by atoms with Gasteiger partial charge in [0.15, 0.2) is 0 Å². The molecular formula is C21H42O4. The summed E-state index contributed by atoms with van der Waals surface area (Å²) in [5.74, 6) is -0.341. The molecule has 0 saturated carbocycles. The molecular weight excluding hydrogens is 316 g/mol. The molecule has 0 fully saturated rings. The maximum atomic E-state index is 10.8.